The van der Waals surface area contributed by atoms with Gasteiger partial charge in [-0.3, -0.25) is 0 Å². The smallest absolute Gasteiger partial charge is 0.0204 e. The molecule has 2 aromatic carbocycles. The van der Waals surface area contributed by atoms with Crippen LogP contribution in [0.25, 0.3) is 0 Å². The molecule has 0 N–H and O–H groups in total. The van der Waals surface area contributed by atoms with E-state index >= 15 is 0 Å². The van der Waals surface area contributed by atoms with E-state index < -0.39 is 0 Å². The molecule has 0 radical (unpaired) electrons. The van der Waals surface area contributed by atoms with E-state index in [1.807, 2.05) is 13.8 Å². The molecule has 0 aliphatic rings. The minimum absolute atomic E-state index is 0.627. The molecule has 2 aromatic rings. The van der Waals surface area contributed by atoms with Gasteiger partial charge in [0, 0.05) is 4.47 Å². The Morgan fingerprint density at radius 3 is 1.57 bits per heavy atom. The first-order valence-corrected chi connectivity index (χ1v) is 8.49. The lowest BCUT2D eigenvalue weighted by atomic mass is 10.0. The number of rotatable bonds is 1. The average Bonchev–Trinajstić information content (AvgIpc) is 2.48. The highest BCUT2D eigenvalue weighted by molar-refractivity contribution is 9.10. The SMILES string of the molecule is CC.Cc1cc(C(C)C)ccc1Br.Cc1ccccc1C. The second-order valence-corrected chi connectivity index (χ2v) is 6.10. The van der Waals surface area contributed by atoms with Crippen LogP contribution in [0.1, 0.15) is 55.9 Å². The number of halogens is 1. The number of benzene rings is 2. The molecule has 0 unspecified atom stereocenters. The summed E-state index contributed by atoms with van der Waals surface area (Å²) >= 11 is 3.48. The zero-order valence-electron chi connectivity index (χ0n) is 14.5. The first-order chi connectivity index (χ1) is 9.91. The summed E-state index contributed by atoms with van der Waals surface area (Å²) in [6.07, 6.45) is 0. The van der Waals surface area contributed by atoms with Gasteiger partial charge in [-0.1, -0.05) is 80.0 Å². The van der Waals surface area contributed by atoms with Gasteiger partial charge in [-0.25, -0.2) is 0 Å². The lowest BCUT2D eigenvalue weighted by Gasteiger charge is -2.06. The molecule has 2 rings (SSSR count). The molecule has 0 aliphatic carbocycles. The minimum atomic E-state index is 0.627. The highest BCUT2D eigenvalue weighted by Crippen LogP contribution is 2.21. The monoisotopic (exact) mass is 348 g/mol. The van der Waals surface area contributed by atoms with Crippen molar-refractivity contribution >= 4 is 15.9 Å². The van der Waals surface area contributed by atoms with Crippen LogP contribution in [0.2, 0.25) is 0 Å². The molecule has 0 bridgehead atoms. The molecule has 0 aliphatic heterocycles. The van der Waals surface area contributed by atoms with Crippen molar-refractivity contribution in [3.8, 4) is 0 Å². The van der Waals surface area contributed by atoms with Gasteiger partial charge in [0.2, 0.25) is 0 Å². The Hall–Kier alpha value is -1.08. The minimum Gasteiger partial charge on any atom is -0.0683 e. The molecule has 0 saturated carbocycles. The largest absolute Gasteiger partial charge is 0.0683 e. The van der Waals surface area contributed by atoms with Crippen LogP contribution in [0.3, 0.4) is 0 Å². The summed E-state index contributed by atoms with van der Waals surface area (Å²) in [6, 6.07) is 14.9. The second-order valence-electron chi connectivity index (χ2n) is 5.25. The van der Waals surface area contributed by atoms with Crippen LogP contribution in [0.5, 0.6) is 0 Å². The maximum Gasteiger partial charge on any atom is 0.0204 e. The molecule has 0 amide bonds. The molecule has 1 heteroatoms. The van der Waals surface area contributed by atoms with Gasteiger partial charge in [-0.2, -0.15) is 0 Å². The van der Waals surface area contributed by atoms with Crippen LogP contribution < -0.4 is 0 Å². The van der Waals surface area contributed by atoms with Gasteiger partial charge in [-0.05, 0) is 55.0 Å². The molecule has 21 heavy (non-hydrogen) atoms. The van der Waals surface area contributed by atoms with Crippen molar-refractivity contribution in [2.75, 3.05) is 0 Å². The maximum atomic E-state index is 3.48. The fraction of sp³-hybridized carbons (Fsp3) is 0.400. The van der Waals surface area contributed by atoms with E-state index in [1.54, 1.807) is 0 Å². The van der Waals surface area contributed by atoms with Gasteiger partial charge < -0.3 is 0 Å². The summed E-state index contributed by atoms with van der Waals surface area (Å²) < 4.78 is 1.20. The van der Waals surface area contributed by atoms with E-state index in [-0.39, 0.29) is 0 Å². The van der Waals surface area contributed by atoms with Crippen LogP contribution in [-0.4, -0.2) is 0 Å². The van der Waals surface area contributed by atoms with Crippen molar-refractivity contribution in [2.24, 2.45) is 0 Å². The fourth-order valence-corrected chi connectivity index (χ4v) is 1.94. The van der Waals surface area contributed by atoms with Crippen LogP contribution in [-0.2, 0) is 0 Å². The van der Waals surface area contributed by atoms with Crippen molar-refractivity contribution in [1.29, 1.82) is 0 Å². The van der Waals surface area contributed by atoms with Gasteiger partial charge in [0.15, 0.2) is 0 Å². The third kappa shape index (κ3) is 7.47. The van der Waals surface area contributed by atoms with Crippen molar-refractivity contribution in [3.63, 3.8) is 0 Å². The highest BCUT2D eigenvalue weighted by Gasteiger charge is 2.00. The lowest BCUT2D eigenvalue weighted by molar-refractivity contribution is 0.864. The quantitative estimate of drug-likeness (QED) is 0.510. The zero-order valence-corrected chi connectivity index (χ0v) is 16.1. The van der Waals surface area contributed by atoms with Gasteiger partial charge in [0.25, 0.3) is 0 Å². The molecule has 0 atom stereocenters. The Balaban J connectivity index is 0.000000354. The number of aryl methyl sites for hydroxylation is 3. The molecule has 0 fully saturated rings. The summed E-state index contributed by atoms with van der Waals surface area (Å²) in [5, 5.41) is 0. The summed E-state index contributed by atoms with van der Waals surface area (Å²) in [5.41, 5.74) is 5.46. The summed E-state index contributed by atoms with van der Waals surface area (Å²) in [5.74, 6) is 0.627. The summed E-state index contributed by atoms with van der Waals surface area (Å²) in [6.45, 7) is 14.8. The molecule has 116 valence electrons. The molecule has 0 spiro atoms. The van der Waals surface area contributed by atoms with Crippen molar-refractivity contribution < 1.29 is 0 Å². The standard InChI is InChI=1S/C10H13Br.C8H10.C2H6/c1-7(2)9-4-5-10(11)8(3)6-9;1-7-5-3-4-6-8(7)2;1-2/h4-7H,1-3H3;3-6H,1-2H3;1-2H3. The summed E-state index contributed by atoms with van der Waals surface area (Å²) in [4.78, 5) is 0. The third-order valence-electron chi connectivity index (χ3n) is 3.27. The Morgan fingerprint density at radius 2 is 1.24 bits per heavy atom. The fourth-order valence-electron chi connectivity index (χ4n) is 1.69. The topological polar surface area (TPSA) is 0 Å². The van der Waals surface area contributed by atoms with Crippen LogP contribution in [0.15, 0.2) is 46.9 Å². The van der Waals surface area contributed by atoms with E-state index in [1.165, 1.54) is 26.7 Å². The van der Waals surface area contributed by atoms with Crippen molar-refractivity contribution in [2.45, 2.75) is 54.4 Å². The predicted octanol–water partition coefficient (Wildman–Crippen LogP) is 7.21. The molecule has 0 aromatic heterocycles. The van der Waals surface area contributed by atoms with E-state index in [9.17, 15) is 0 Å². The van der Waals surface area contributed by atoms with Crippen molar-refractivity contribution in [3.05, 3.63) is 69.2 Å². The van der Waals surface area contributed by atoms with Crippen LogP contribution in [0, 0.1) is 20.8 Å². The lowest BCUT2D eigenvalue weighted by Crippen LogP contribution is -1.87. The Morgan fingerprint density at radius 1 is 0.762 bits per heavy atom. The average molecular weight is 349 g/mol. The number of hydrogen-bond acceptors (Lipinski definition) is 0. The van der Waals surface area contributed by atoms with E-state index in [4.69, 9.17) is 0 Å². The maximum absolute atomic E-state index is 3.48. The molecule has 0 nitrogen and oxygen atoms in total. The first-order valence-electron chi connectivity index (χ1n) is 7.70. The third-order valence-corrected chi connectivity index (χ3v) is 4.16. The van der Waals surface area contributed by atoms with Crippen LogP contribution >= 0.6 is 15.9 Å². The van der Waals surface area contributed by atoms with Gasteiger partial charge in [0.1, 0.15) is 0 Å². The zero-order chi connectivity index (χ0) is 16.4. The van der Waals surface area contributed by atoms with Crippen molar-refractivity contribution in [1.82, 2.24) is 0 Å². The predicted molar refractivity (Wildman–Crippen MR) is 100 cm³/mol. The second kappa shape index (κ2) is 10.6. The molecule has 0 saturated heterocycles. The van der Waals surface area contributed by atoms with E-state index in [0.29, 0.717) is 5.92 Å². The van der Waals surface area contributed by atoms with Gasteiger partial charge >= 0.3 is 0 Å². The Kier molecular flexibility index (Phi) is 10.1. The van der Waals surface area contributed by atoms with E-state index in [0.717, 1.165) is 0 Å². The molecular weight excluding hydrogens is 320 g/mol. The Labute approximate surface area is 139 Å². The summed E-state index contributed by atoms with van der Waals surface area (Å²) in [7, 11) is 0. The van der Waals surface area contributed by atoms with E-state index in [2.05, 4.69) is 93.0 Å². The first kappa shape index (κ1) is 19.9. The molecule has 0 heterocycles. The number of hydrogen-bond donors (Lipinski definition) is 0. The van der Waals surface area contributed by atoms with Crippen LogP contribution in [0.4, 0.5) is 0 Å². The normalized spacial score (nSPS) is 9.38. The highest BCUT2D eigenvalue weighted by atomic mass is 79.9. The molecular formula is C20H29Br. The Bertz CT molecular complexity index is 506. The van der Waals surface area contributed by atoms with Gasteiger partial charge in [-0.15, -0.1) is 0 Å². The van der Waals surface area contributed by atoms with Gasteiger partial charge in [0.05, 0.1) is 0 Å².